The highest BCUT2D eigenvalue weighted by atomic mass is 16.5. The van der Waals surface area contributed by atoms with Gasteiger partial charge in [-0.1, -0.05) is 6.42 Å². The monoisotopic (exact) mass is 283 g/mol. The van der Waals surface area contributed by atoms with Crippen LogP contribution in [-0.4, -0.2) is 46.2 Å². The van der Waals surface area contributed by atoms with Crippen molar-refractivity contribution in [2.45, 2.75) is 64.6 Å². The van der Waals surface area contributed by atoms with Crippen molar-refractivity contribution in [2.24, 2.45) is 5.41 Å². The fourth-order valence-corrected chi connectivity index (χ4v) is 3.44. The minimum atomic E-state index is -0.830. The van der Waals surface area contributed by atoms with Crippen LogP contribution in [0.25, 0.3) is 0 Å². The number of amides is 1. The summed E-state index contributed by atoms with van der Waals surface area (Å²) in [6.07, 6.45) is 2.25. The largest absolute Gasteiger partial charge is 0.481 e. The molecule has 1 amide bonds. The summed E-state index contributed by atoms with van der Waals surface area (Å²) in [6, 6.07) is 0. The number of carbonyl (C=O) groups excluding carboxylic acids is 1. The van der Waals surface area contributed by atoms with Crippen LogP contribution >= 0.6 is 0 Å². The number of morpholine rings is 1. The van der Waals surface area contributed by atoms with Crippen LogP contribution in [0.15, 0.2) is 0 Å². The number of carboxylic acids is 1. The number of aliphatic carboxylic acids is 1. The summed E-state index contributed by atoms with van der Waals surface area (Å²) >= 11 is 0. The van der Waals surface area contributed by atoms with E-state index in [4.69, 9.17) is 4.74 Å². The molecule has 0 bridgehead atoms. The van der Waals surface area contributed by atoms with Crippen molar-refractivity contribution < 1.29 is 19.4 Å². The second kappa shape index (κ2) is 4.72. The summed E-state index contributed by atoms with van der Waals surface area (Å²) in [7, 11) is 0. The van der Waals surface area contributed by atoms with E-state index >= 15 is 0 Å². The van der Waals surface area contributed by atoms with Gasteiger partial charge in [0.05, 0.1) is 16.6 Å². The Bertz CT molecular complexity index is 408. The van der Waals surface area contributed by atoms with Gasteiger partial charge in [0, 0.05) is 19.5 Å². The Morgan fingerprint density at radius 3 is 1.95 bits per heavy atom. The van der Waals surface area contributed by atoms with Crippen molar-refractivity contribution in [3.05, 3.63) is 0 Å². The van der Waals surface area contributed by atoms with Crippen LogP contribution in [0.3, 0.4) is 0 Å². The van der Waals surface area contributed by atoms with E-state index in [0.717, 1.165) is 6.42 Å². The van der Waals surface area contributed by atoms with E-state index in [2.05, 4.69) is 0 Å². The Kier molecular flexibility index (Phi) is 3.61. The standard InChI is InChI=1S/C15H25NO4/c1-13(2)9-16(10-14(3,4)20-13)11(17)8-15(12(18)19)6-5-7-15/h5-10H2,1-4H3,(H,18,19). The Hall–Kier alpha value is -1.10. The molecular weight excluding hydrogens is 258 g/mol. The predicted molar refractivity (Wildman–Crippen MR) is 74.4 cm³/mol. The molecule has 2 rings (SSSR count). The molecule has 0 spiro atoms. The fraction of sp³-hybridized carbons (Fsp3) is 0.867. The number of hydrogen-bond acceptors (Lipinski definition) is 3. The number of nitrogens with zero attached hydrogens (tertiary/aromatic N) is 1. The Labute approximate surface area is 120 Å². The van der Waals surface area contributed by atoms with Gasteiger partial charge in [0.2, 0.25) is 5.91 Å². The molecule has 0 atom stereocenters. The lowest BCUT2D eigenvalue weighted by atomic mass is 9.66. The molecule has 0 aromatic rings. The van der Waals surface area contributed by atoms with E-state index in [-0.39, 0.29) is 12.3 Å². The van der Waals surface area contributed by atoms with E-state index in [1.165, 1.54) is 0 Å². The van der Waals surface area contributed by atoms with Crippen LogP contribution < -0.4 is 0 Å². The average Bonchev–Trinajstić information content (AvgIpc) is 2.17. The quantitative estimate of drug-likeness (QED) is 0.861. The molecule has 5 heteroatoms. The molecular formula is C15H25NO4. The molecule has 2 aliphatic rings. The maximum absolute atomic E-state index is 12.5. The van der Waals surface area contributed by atoms with Crippen LogP contribution in [-0.2, 0) is 14.3 Å². The first kappa shape index (κ1) is 15.3. The number of carbonyl (C=O) groups is 2. The highest BCUT2D eigenvalue weighted by Crippen LogP contribution is 2.45. The molecule has 1 aliphatic carbocycles. The van der Waals surface area contributed by atoms with E-state index in [1.807, 2.05) is 27.7 Å². The third-order valence-electron chi connectivity index (χ3n) is 4.30. The molecule has 1 N–H and O–H groups in total. The van der Waals surface area contributed by atoms with Gasteiger partial charge >= 0.3 is 5.97 Å². The van der Waals surface area contributed by atoms with Gasteiger partial charge in [-0.2, -0.15) is 0 Å². The maximum Gasteiger partial charge on any atom is 0.310 e. The summed E-state index contributed by atoms with van der Waals surface area (Å²) in [4.78, 5) is 25.6. The smallest absolute Gasteiger partial charge is 0.310 e. The van der Waals surface area contributed by atoms with E-state index in [9.17, 15) is 14.7 Å². The number of rotatable bonds is 3. The van der Waals surface area contributed by atoms with Crippen LogP contribution in [0.2, 0.25) is 0 Å². The zero-order valence-corrected chi connectivity index (χ0v) is 12.9. The van der Waals surface area contributed by atoms with Gasteiger partial charge in [-0.05, 0) is 40.5 Å². The molecule has 1 saturated heterocycles. The lowest BCUT2D eigenvalue weighted by Crippen LogP contribution is -2.59. The molecule has 0 unspecified atom stereocenters. The van der Waals surface area contributed by atoms with Crippen molar-refractivity contribution in [1.29, 1.82) is 0 Å². The first-order chi connectivity index (χ1) is 9.05. The van der Waals surface area contributed by atoms with Gasteiger partial charge in [0.15, 0.2) is 0 Å². The second-order valence-electron chi connectivity index (χ2n) is 7.49. The van der Waals surface area contributed by atoms with Gasteiger partial charge in [-0.25, -0.2) is 0 Å². The van der Waals surface area contributed by atoms with Crippen molar-refractivity contribution in [3.8, 4) is 0 Å². The number of hydrogen-bond donors (Lipinski definition) is 1. The molecule has 0 aromatic carbocycles. The maximum atomic E-state index is 12.5. The third-order valence-corrected chi connectivity index (χ3v) is 4.30. The molecule has 1 saturated carbocycles. The summed E-state index contributed by atoms with van der Waals surface area (Å²) in [5.41, 5.74) is -1.61. The minimum Gasteiger partial charge on any atom is -0.481 e. The Morgan fingerprint density at radius 2 is 1.60 bits per heavy atom. The van der Waals surface area contributed by atoms with Gasteiger partial charge in [-0.3, -0.25) is 9.59 Å². The summed E-state index contributed by atoms with van der Waals surface area (Å²) in [5, 5.41) is 9.34. The average molecular weight is 283 g/mol. The molecule has 2 fully saturated rings. The van der Waals surface area contributed by atoms with Crippen LogP contribution in [0.5, 0.6) is 0 Å². The summed E-state index contributed by atoms with van der Waals surface area (Å²) in [5.74, 6) is -0.888. The van der Waals surface area contributed by atoms with Crippen molar-refractivity contribution >= 4 is 11.9 Å². The summed E-state index contributed by atoms with van der Waals surface area (Å²) in [6.45, 7) is 8.89. The van der Waals surface area contributed by atoms with Crippen LogP contribution in [0, 0.1) is 5.41 Å². The second-order valence-corrected chi connectivity index (χ2v) is 7.49. The Balaban J connectivity index is 2.07. The zero-order chi connectivity index (χ0) is 15.2. The number of carboxylic acid groups (broad SMARTS) is 1. The highest BCUT2D eigenvalue weighted by Gasteiger charge is 2.48. The highest BCUT2D eigenvalue weighted by molar-refractivity contribution is 5.85. The predicted octanol–water partition coefficient (Wildman–Crippen LogP) is 2.05. The van der Waals surface area contributed by atoms with E-state index < -0.39 is 22.6 Å². The minimum absolute atomic E-state index is 0.0587. The van der Waals surface area contributed by atoms with Gasteiger partial charge in [0.1, 0.15) is 0 Å². The molecule has 114 valence electrons. The molecule has 0 radical (unpaired) electrons. The van der Waals surface area contributed by atoms with Crippen molar-refractivity contribution in [1.82, 2.24) is 4.90 Å². The molecule has 1 heterocycles. The van der Waals surface area contributed by atoms with Gasteiger partial charge in [-0.15, -0.1) is 0 Å². The SMILES string of the molecule is CC1(C)CN(C(=O)CC2(C(=O)O)CCC2)CC(C)(C)O1. The zero-order valence-electron chi connectivity index (χ0n) is 12.9. The summed E-state index contributed by atoms with van der Waals surface area (Å²) < 4.78 is 5.95. The first-order valence-electron chi connectivity index (χ1n) is 7.27. The van der Waals surface area contributed by atoms with E-state index in [1.54, 1.807) is 4.90 Å². The van der Waals surface area contributed by atoms with Crippen molar-refractivity contribution in [3.63, 3.8) is 0 Å². The molecule has 1 aliphatic heterocycles. The topological polar surface area (TPSA) is 66.8 Å². The normalized spacial score (nSPS) is 26.7. The van der Waals surface area contributed by atoms with Crippen LogP contribution in [0.4, 0.5) is 0 Å². The van der Waals surface area contributed by atoms with Crippen LogP contribution in [0.1, 0.15) is 53.4 Å². The van der Waals surface area contributed by atoms with E-state index in [0.29, 0.717) is 25.9 Å². The lowest BCUT2D eigenvalue weighted by molar-refractivity contribution is -0.190. The number of ether oxygens (including phenoxy) is 1. The first-order valence-corrected chi connectivity index (χ1v) is 7.27. The van der Waals surface area contributed by atoms with Gasteiger partial charge < -0.3 is 14.7 Å². The molecule has 0 aromatic heterocycles. The molecule has 5 nitrogen and oxygen atoms in total. The fourth-order valence-electron chi connectivity index (χ4n) is 3.44. The van der Waals surface area contributed by atoms with Gasteiger partial charge in [0.25, 0.3) is 0 Å². The Morgan fingerprint density at radius 1 is 1.10 bits per heavy atom. The van der Waals surface area contributed by atoms with Crippen molar-refractivity contribution in [2.75, 3.05) is 13.1 Å². The third kappa shape index (κ3) is 2.97. The molecule has 20 heavy (non-hydrogen) atoms. The lowest BCUT2D eigenvalue weighted by Gasteiger charge is -2.48.